The molecule has 1 aromatic carbocycles. The normalized spacial score (nSPS) is 13.3. The van der Waals surface area contributed by atoms with E-state index in [0.717, 1.165) is 12.8 Å². The van der Waals surface area contributed by atoms with Crippen LogP contribution < -0.4 is 16.0 Å². The van der Waals surface area contributed by atoms with E-state index in [9.17, 15) is 14.4 Å². The van der Waals surface area contributed by atoms with Crippen LogP contribution in [0.2, 0.25) is 0 Å². The molecule has 1 aliphatic carbocycles. The molecule has 0 bridgehead atoms. The average molecular weight is 305 g/mol. The summed E-state index contributed by atoms with van der Waals surface area (Å²) in [5.74, 6) is -1.04. The number of nitrogens with one attached hydrogen (secondary N) is 3. The summed E-state index contributed by atoms with van der Waals surface area (Å²) in [7, 11) is 0. The molecule has 0 atom stereocenters. The number of aliphatic carboxylic acids is 1. The minimum atomic E-state index is -0.892. The highest BCUT2D eigenvalue weighted by Crippen LogP contribution is 2.20. The fourth-order valence-electron chi connectivity index (χ4n) is 1.85. The number of carbonyl (C=O) groups excluding carboxylic acids is 2. The second-order valence-corrected chi connectivity index (χ2v) is 5.21. The van der Waals surface area contributed by atoms with Gasteiger partial charge in [0.05, 0.1) is 0 Å². The molecule has 0 unspecified atom stereocenters. The Bertz CT molecular complexity index is 570. The van der Waals surface area contributed by atoms with Gasteiger partial charge in [-0.3, -0.25) is 9.59 Å². The number of rotatable bonds is 7. The van der Waals surface area contributed by atoms with Crippen LogP contribution in [0.5, 0.6) is 0 Å². The van der Waals surface area contributed by atoms with Gasteiger partial charge in [-0.15, -0.1) is 0 Å². The number of hydrogen-bond acceptors (Lipinski definition) is 3. The van der Waals surface area contributed by atoms with E-state index < -0.39 is 12.0 Å². The maximum Gasteiger partial charge on any atom is 0.319 e. The fourth-order valence-corrected chi connectivity index (χ4v) is 1.85. The average Bonchev–Trinajstić information content (AvgIpc) is 3.27. The molecule has 7 heteroatoms. The lowest BCUT2D eigenvalue weighted by Gasteiger charge is -2.09. The largest absolute Gasteiger partial charge is 0.481 e. The first-order valence-corrected chi connectivity index (χ1v) is 7.22. The van der Waals surface area contributed by atoms with E-state index in [1.54, 1.807) is 24.3 Å². The number of benzene rings is 1. The lowest BCUT2D eigenvalue weighted by atomic mass is 10.2. The molecular formula is C15H19N3O4. The van der Waals surface area contributed by atoms with E-state index >= 15 is 0 Å². The minimum Gasteiger partial charge on any atom is -0.481 e. The zero-order chi connectivity index (χ0) is 15.9. The molecule has 3 amide bonds. The van der Waals surface area contributed by atoms with Gasteiger partial charge in [-0.25, -0.2) is 4.79 Å². The zero-order valence-corrected chi connectivity index (χ0v) is 12.1. The summed E-state index contributed by atoms with van der Waals surface area (Å²) in [4.78, 5) is 33.9. The summed E-state index contributed by atoms with van der Waals surface area (Å²) in [6.07, 6.45) is 2.41. The highest BCUT2D eigenvalue weighted by molar-refractivity contribution is 5.97. The van der Waals surface area contributed by atoms with Crippen LogP contribution in [0.1, 0.15) is 36.0 Å². The van der Waals surface area contributed by atoms with Crippen molar-refractivity contribution in [3.63, 3.8) is 0 Å². The Morgan fingerprint density at radius 3 is 2.68 bits per heavy atom. The minimum absolute atomic E-state index is 0.0110. The third-order valence-corrected chi connectivity index (χ3v) is 3.15. The lowest BCUT2D eigenvalue weighted by Crippen LogP contribution is -2.30. The van der Waals surface area contributed by atoms with Gasteiger partial charge in [0.1, 0.15) is 0 Å². The zero-order valence-electron chi connectivity index (χ0n) is 12.1. The van der Waals surface area contributed by atoms with Crippen molar-refractivity contribution in [2.45, 2.75) is 31.7 Å². The Morgan fingerprint density at radius 1 is 1.23 bits per heavy atom. The van der Waals surface area contributed by atoms with E-state index in [0.29, 0.717) is 17.7 Å². The second-order valence-electron chi connectivity index (χ2n) is 5.21. The summed E-state index contributed by atoms with van der Waals surface area (Å²) in [6.45, 7) is 0.278. The van der Waals surface area contributed by atoms with Crippen molar-refractivity contribution in [3.8, 4) is 0 Å². The molecule has 0 aromatic heterocycles. The number of hydrogen-bond donors (Lipinski definition) is 4. The lowest BCUT2D eigenvalue weighted by molar-refractivity contribution is -0.137. The summed E-state index contributed by atoms with van der Waals surface area (Å²) in [6, 6.07) is 6.53. The van der Waals surface area contributed by atoms with E-state index in [1.165, 1.54) is 0 Å². The number of carboxylic acids is 1. The van der Waals surface area contributed by atoms with Crippen molar-refractivity contribution in [2.75, 3.05) is 11.9 Å². The SMILES string of the molecule is O=C(O)CCCNC(=O)Nc1cccc(C(=O)NC2CC2)c1. The van der Waals surface area contributed by atoms with Gasteiger partial charge >= 0.3 is 12.0 Å². The van der Waals surface area contributed by atoms with Crippen LogP contribution in [0.4, 0.5) is 10.5 Å². The number of anilines is 1. The number of urea groups is 1. The van der Waals surface area contributed by atoms with Gasteiger partial charge in [-0.1, -0.05) is 6.07 Å². The van der Waals surface area contributed by atoms with Crippen LogP contribution in [0.25, 0.3) is 0 Å². The van der Waals surface area contributed by atoms with Gasteiger partial charge in [0.25, 0.3) is 5.91 Å². The molecule has 118 valence electrons. The van der Waals surface area contributed by atoms with Crippen molar-refractivity contribution >= 4 is 23.6 Å². The molecular weight excluding hydrogens is 286 g/mol. The Labute approximate surface area is 128 Å². The third kappa shape index (κ3) is 5.43. The van der Waals surface area contributed by atoms with E-state index in [4.69, 9.17) is 5.11 Å². The summed E-state index contributed by atoms with van der Waals surface area (Å²) in [5.41, 5.74) is 1.01. The standard InChI is InChI=1S/C15H19N3O4/c19-13(20)5-2-8-16-15(22)18-12-4-1-3-10(9-12)14(21)17-11-6-7-11/h1,3-4,9,11H,2,5-8H2,(H,17,21)(H,19,20)(H2,16,18,22). The molecule has 2 rings (SSSR count). The molecule has 1 saturated carbocycles. The molecule has 4 N–H and O–H groups in total. The Balaban J connectivity index is 1.80. The predicted molar refractivity (Wildman–Crippen MR) is 80.8 cm³/mol. The maximum absolute atomic E-state index is 11.9. The van der Waals surface area contributed by atoms with Crippen molar-refractivity contribution in [1.29, 1.82) is 0 Å². The predicted octanol–water partition coefficient (Wildman–Crippen LogP) is 1.57. The van der Waals surface area contributed by atoms with Crippen LogP contribution in [-0.2, 0) is 4.79 Å². The molecule has 1 aliphatic rings. The molecule has 0 aliphatic heterocycles. The third-order valence-electron chi connectivity index (χ3n) is 3.15. The van der Waals surface area contributed by atoms with Gasteiger partial charge in [0, 0.05) is 30.3 Å². The Morgan fingerprint density at radius 2 is 2.00 bits per heavy atom. The van der Waals surface area contributed by atoms with Crippen LogP contribution in [0, 0.1) is 0 Å². The molecule has 1 fully saturated rings. The molecule has 7 nitrogen and oxygen atoms in total. The van der Waals surface area contributed by atoms with Crippen LogP contribution in [-0.4, -0.2) is 35.6 Å². The van der Waals surface area contributed by atoms with Crippen LogP contribution in [0.3, 0.4) is 0 Å². The Kier molecular flexibility index (Phi) is 5.35. The first-order valence-electron chi connectivity index (χ1n) is 7.22. The first kappa shape index (κ1) is 15.8. The molecule has 0 heterocycles. The quantitative estimate of drug-likeness (QED) is 0.573. The van der Waals surface area contributed by atoms with E-state index in [-0.39, 0.29) is 24.9 Å². The first-order chi connectivity index (χ1) is 10.5. The van der Waals surface area contributed by atoms with Gasteiger partial charge in [-0.2, -0.15) is 0 Å². The van der Waals surface area contributed by atoms with Crippen molar-refractivity contribution < 1.29 is 19.5 Å². The molecule has 0 radical (unpaired) electrons. The fraction of sp³-hybridized carbons (Fsp3) is 0.400. The summed E-state index contributed by atoms with van der Waals surface area (Å²) >= 11 is 0. The molecule has 0 spiro atoms. The summed E-state index contributed by atoms with van der Waals surface area (Å²) < 4.78 is 0. The van der Waals surface area contributed by atoms with Crippen LogP contribution in [0.15, 0.2) is 24.3 Å². The van der Waals surface area contributed by atoms with Gasteiger partial charge in [-0.05, 0) is 37.5 Å². The topological polar surface area (TPSA) is 108 Å². The number of amides is 3. The van der Waals surface area contributed by atoms with E-state index in [1.807, 2.05) is 0 Å². The molecule has 1 aromatic rings. The highest BCUT2D eigenvalue weighted by atomic mass is 16.4. The van der Waals surface area contributed by atoms with Crippen molar-refractivity contribution in [2.24, 2.45) is 0 Å². The Hall–Kier alpha value is -2.57. The van der Waals surface area contributed by atoms with Crippen molar-refractivity contribution in [1.82, 2.24) is 10.6 Å². The van der Waals surface area contributed by atoms with E-state index in [2.05, 4.69) is 16.0 Å². The van der Waals surface area contributed by atoms with Crippen LogP contribution >= 0.6 is 0 Å². The highest BCUT2D eigenvalue weighted by Gasteiger charge is 2.23. The van der Waals surface area contributed by atoms with Crippen molar-refractivity contribution in [3.05, 3.63) is 29.8 Å². The van der Waals surface area contributed by atoms with Gasteiger partial charge < -0.3 is 21.1 Å². The number of carboxylic acid groups (broad SMARTS) is 1. The van der Waals surface area contributed by atoms with Gasteiger partial charge in [0.2, 0.25) is 0 Å². The molecule has 22 heavy (non-hydrogen) atoms. The second kappa shape index (κ2) is 7.44. The van der Waals surface area contributed by atoms with Gasteiger partial charge in [0.15, 0.2) is 0 Å². The number of carbonyl (C=O) groups is 3. The molecule has 0 saturated heterocycles. The monoisotopic (exact) mass is 305 g/mol. The maximum atomic E-state index is 11.9. The smallest absolute Gasteiger partial charge is 0.319 e. The summed E-state index contributed by atoms with van der Waals surface area (Å²) in [5, 5.41) is 16.6.